The zero-order chi connectivity index (χ0) is 9.40. The minimum absolute atomic E-state index is 0.301. The monoisotopic (exact) mass is 168 g/mol. The highest BCUT2D eigenvalue weighted by Gasteiger charge is 1.93. The van der Waals surface area contributed by atoms with Gasteiger partial charge in [0.1, 0.15) is 0 Å². The van der Waals surface area contributed by atoms with Crippen molar-refractivity contribution in [2.75, 3.05) is 6.61 Å². The molecular formula is C10H16O2. The van der Waals surface area contributed by atoms with Crippen LogP contribution in [0.4, 0.5) is 0 Å². The molecule has 0 aromatic heterocycles. The van der Waals surface area contributed by atoms with Gasteiger partial charge in [0.2, 0.25) is 0 Å². The Balaban J connectivity index is 3.68. The summed E-state index contributed by atoms with van der Waals surface area (Å²) >= 11 is 0. The molecule has 12 heavy (non-hydrogen) atoms. The Kier molecular flexibility index (Phi) is 6.12. The van der Waals surface area contributed by atoms with E-state index in [-0.39, 0.29) is 5.97 Å². The largest absolute Gasteiger partial charge is 0.462 e. The number of ether oxygens (including phenoxy) is 1. The van der Waals surface area contributed by atoms with E-state index in [4.69, 9.17) is 4.74 Å². The third kappa shape index (κ3) is 7.10. The van der Waals surface area contributed by atoms with E-state index in [1.54, 1.807) is 0 Å². The normalized spacial score (nSPS) is 8.58. The van der Waals surface area contributed by atoms with Crippen LogP contribution in [0, 0.1) is 0 Å². The number of unbranched alkanes of at least 4 members (excludes halogenated alkanes) is 1. The van der Waals surface area contributed by atoms with Crippen molar-refractivity contribution in [3.05, 3.63) is 17.4 Å². The number of hydrogen-bond donors (Lipinski definition) is 0. The maximum atomic E-state index is 10.9. The van der Waals surface area contributed by atoms with Gasteiger partial charge in [-0.1, -0.05) is 13.3 Å². The van der Waals surface area contributed by atoms with E-state index in [0.717, 1.165) is 18.4 Å². The number of carbonyl (C=O) groups is 1. The van der Waals surface area contributed by atoms with Crippen molar-refractivity contribution in [2.24, 2.45) is 0 Å². The summed E-state index contributed by atoms with van der Waals surface area (Å²) in [6.45, 7) is 6.34. The maximum absolute atomic E-state index is 10.9. The van der Waals surface area contributed by atoms with Crippen LogP contribution in [0.15, 0.2) is 17.4 Å². The van der Waals surface area contributed by atoms with Gasteiger partial charge in [-0.05, 0) is 25.8 Å². The smallest absolute Gasteiger partial charge is 0.338 e. The zero-order valence-electron chi connectivity index (χ0n) is 8.02. The van der Waals surface area contributed by atoms with Crippen LogP contribution in [0.25, 0.3) is 0 Å². The lowest BCUT2D eigenvalue weighted by atomic mass is 10.3. The van der Waals surface area contributed by atoms with Crippen molar-refractivity contribution < 1.29 is 9.53 Å². The van der Waals surface area contributed by atoms with Gasteiger partial charge in [-0.15, -0.1) is 5.73 Å². The van der Waals surface area contributed by atoms with Gasteiger partial charge in [0.05, 0.1) is 12.7 Å². The molecule has 2 heteroatoms. The van der Waals surface area contributed by atoms with Crippen molar-refractivity contribution in [1.82, 2.24) is 0 Å². The van der Waals surface area contributed by atoms with E-state index in [1.165, 1.54) is 6.08 Å². The second-order valence-electron chi connectivity index (χ2n) is 2.81. The van der Waals surface area contributed by atoms with E-state index >= 15 is 0 Å². The van der Waals surface area contributed by atoms with Gasteiger partial charge in [-0.3, -0.25) is 0 Å². The second-order valence-corrected chi connectivity index (χ2v) is 2.81. The molecule has 0 aliphatic heterocycles. The Bertz CT molecular complexity index is 194. The third-order valence-electron chi connectivity index (χ3n) is 1.22. The van der Waals surface area contributed by atoms with Crippen LogP contribution in [0.5, 0.6) is 0 Å². The van der Waals surface area contributed by atoms with E-state index in [0.29, 0.717) is 6.61 Å². The fourth-order valence-corrected chi connectivity index (χ4v) is 0.562. The lowest BCUT2D eigenvalue weighted by molar-refractivity contribution is -0.137. The summed E-state index contributed by atoms with van der Waals surface area (Å²) in [7, 11) is 0. The summed E-state index contributed by atoms with van der Waals surface area (Å²) in [5.41, 5.74) is 3.76. The summed E-state index contributed by atoms with van der Waals surface area (Å²) < 4.78 is 4.86. The lowest BCUT2D eigenvalue weighted by Gasteiger charge is -1.97. The molecule has 0 aliphatic rings. The molecular weight excluding hydrogens is 152 g/mol. The Morgan fingerprint density at radius 2 is 2.17 bits per heavy atom. The van der Waals surface area contributed by atoms with Crippen LogP contribution in [-0.4, -0.2) is 12.6 Å². The third-order valence-corrected chi connectivity index (χ3v) is 1.22. The molecule has 0 bridgehead atoms. The van der Waals surface area contributed by atoms with Crippen LogP contribution >= 0.6 is 0 Å². The van der Waals surface area contributed by atoms with Crippen molar-refractivity contribution in [2.45, 2.75) is 33.6 Å². The Hall–Kier alpha value is -1.01. The highest BCUT2D eigenvalue weighted by molar-refractivity contribution is 5.81. The molecule has 0 amide bonds. The summed E-state index contributed by atoms with van der Waals surface area (Å²) in [5.74, 6) is -0.301. The molecule has 0 radical (unpaired) electrons. The quantitative estimate of drug-likeness (QED) is 0.279. The van der Waals surface area contributed by atoms with Crippen molar-refractivity contribution in [1.29, 1.82) is 0 Å². The average molecular weight is 168 g/mol. The average Bonchev–Trinajstić information content (AvgIpc) is 2.01. The molecule has 68 valence electrons. The summed E-state index contributed by atoms with van der Waals surface area (Å²) in [4.78, 5) is 10.9. The lowest BCUT2D eigenvalue weighted by Crippen LogP contribution is -2.01. The van der Waals surface area contributed by atoms with Crippen LogP contribution in [0.2, 0.25) is 0 Å². The van der Waals surface area contributed by atoms with Crippen LogP contribution in [0.1, 0.15) is 33.6 Å². The number of esters is 1. The van der Waals surface area contributed by atoms with Gasteiger partial charge in [0.15, 0.2) is 0 Å². The van der Waals surface area contributed by atoms with E-state index in [9.17, 15) is 4.79 Å². The SMILES string of the molecule is CCCCOC(=O)C=C=C(C)C. The Labute approximate surface area is 73.9 Å². The molecule has 0 fully saturated rings. The summed E-state index contributed by atoms with van der Waals surface area (Å²) in [6.07, 6.45) is 3.30. The molecule has 0 heterocycles. The van der Waals surface area contributed by atoms with Crippen molar-refractivity contribution >= 4 is 5.97 Å². The first kappa shape index (κ1) is 11.0. The highest BCUT2D eigenvalue weighted by atomic mass is 16.5. The molecule has 0 N–H and O–H groups in total. The van der Waals surface area contributed by atoms with Gasteiger partial charge in [-0.2, -0.15) is 0 Å². The topological polar surface area (TPSA) is 26.3 Å². The van der Waals surface area contributed by atoms with Gasteiger partial charge in [-0.25, -0.2) is 4.79 Å². The molecule has 0 aromatic rings. The van der Waals surface area contributed by atoms with E-state index in [2.05, 4.69) is 12.7 Å². The summed E-state index contributed by atoms with van der Waals surface area (Å²) in [6, 6.07) is 0. The first-order chi connectivity index (χ1) is 5.66. The number of carbonyl (C=O) groups excluding carboxylic acids is 1. The van der Waals surface area contributed by atoms with Crippen molar-refractivity contribution in [3.63, 3.8) is 0 Å². The minimum atomic E-state index is -0.301. The number of hydrogen-bond acceptors (Lipinski definition) is 2. The van der Waals surface area contributed by atoms with Gasteiger partial charge >= 0.3 is 5.97 Å². The van der Waals surface area contributed by atoms with E-state index in [1.807, 2.05) is 13.8 Å². The molecule has 0 unspecified atom stereocenters. The van der Waals surface area contributed by atoms with Gasteiger partial charge < -0.3 is 4.74 Å². The predicted molar refractivity (Wildman–Crippen MR) is 48.8 cm³/mol. The summed E-state index contributed by atoms with van der Waals surface area (Å²) in [5, 5.41) is 0. The zero-order valence-corrected chi connectivity index (χ0v) is 8.02. The van der Waals surface area contributed by atoms with Crippen LogP contribution in [0.3, 0.4) is 0 Å². The molecule has 0 spiro atoms. The first-order valence-corrected chi connectivity index (χ1v) is 4.23. The fraction of sp³-hybridized carbons (Fsp3) is 0.600. The minimum Gasteiger partial charge on any atom is -0.462 e. The standard InChI is InChI=1S/C10H16O2/c1-4-5-8-12-10(11)7-6-9(2)3/h7H,4-5,8H2,1-3H3. The van der Waals surface area contributed by atoms with Crippen molar-refractivity contribution in [3.8, 4) is 0 Å². The van der Waals surface area contributed by atoms with Gasteiger partial charge in [0, 0.05) is 0 Å². The molecule has 0 saturated carbocycles. The molecule has 0 rings (SSSR count). The number of rotatable bonds is 4. The maximum Gasteiger partial charge on any atom is 0.338 e. The molecule has 2 nitrogen and oxygen atoms in total. The fourth-order valence-electron chi connectivity index (χ4n) is 0.562. The molecule has 0 aromatic carbocycles. The molecule has 0 saturated heterocycles. The first-order valence-electron chi connectivity index (χ1n) is 4.23. The highest BCUT2D eigenvalue weighted by Crippen LogP contribution is 1.90. The second kappa shape index (κ2) is 6.68. The van der Waals surface area contributed by atoms with Crippen LogP contribution < -0.4 is 0 Å². The Morgan fingerprint density at radius 3 is 2.67 bits per heavy atom. The van der Waals surface area contributed by atoms with E-state index < -0.39 is 0 Å². The molecule has 0 aliphatic carbocycles. The van der Waals surface area contributed by atoms with Gasteiger partial charge in [0.25, 0.3) is 0 Å². The molecule has 0 atom stereocenters. The Morgan fingerprint density at radius 1 is 1.50 bits per heavy atom. The van der Waals surface area contributed by atoms with Crippen LogP contribution in [-0.2, 0) is 9.53 Å². The predicted octanol–water partition coefficient (Wildman–Crippen LogP) is 2.45.